The molecular weight excluding hydrogens is 441 g/mol. The van der Waals surface area contributed by atoms with Crippen LogP contribution < -0.4 is 10.6 Å². The van der Waals surface area contributed by atoms with E-state index in [0.29, 0.717) is 12.6 Å². The lowest BCUT2D eigenvalue weighted by atomic mass is 9.89. The number of ether oxygens (including phenoxy) is 1. The first-order valence-corrected chi connectivity index (χ1v) is 9.51. The average Bonchev–Trinajstić information content (AvgIpc) is 3.25. The lowest BCUT2D eigenvalue weighted by Crippen LogP contribution is -2.51. The standard InChI is InChI=1S/C20H31N3O2.HI/c1-16(2)15-22-19(21-11-7-18-6-5-12-24-18)23-17-8-13-25-20(14-17)9-3-4-10-20;/h5-6,12,17H,1,3-4,7-11,13-15H2,2H3,(H2,21,22,23);1H. The van der Waals surface area contributed by atoms with Crippen LogP contribution in [0.5, 0.6) is 0 Å². The van der Waals surface area contributed by atoms with E-state index in [1.54, 1.807) is 6.26 Å². The van der Waals surface area contributed by atoms with Crippen LogP contribution in [0, 0.1) is 0 Å². The van der Waals surface area contributed by atoms with Gasteiger partial charge in [0, 0.05) is 25.6 Å². The molecule has 2 heterocycles. The molecule has 1 aliphatic carbocycles. The molecule has 1 saturated heterocycles. The van der Waals surface area contributed by atoms with Gasteiger partial charge in [0.05, 0.1) is 18.4 Å². The molecule has 1 unspecified atom stereocenters. The first-order chi connectivity index (χ1) is 12.2. The van der Waals surface area contributed by atoms with E-state index in [1.807, 2.05) is 19.1 Å². The Hall–Kier alpha value is -1.02. The topological polar surface area (TPSA) is 58.8 Å². The molecule has 3 rings (SSSR count). The molecule has 26 heavy (non-hydrogen) atoms. The van der Waals surface area contributed by atoms with Crippen molar-refractivity contribution in [2.24, 2.45) is 4.99 Å². The van der Waals surface area contributed by atoms with Crippen LogP contribution in [0.1, 0.15) is 51.2 Å². The molecule has 0 radical (unpaired) electrons. The number of hydrogen-bond donors (Lipinski definition) is 2. The molecule has 6 heteroatoms. The summed E-state index contributed by atoms with van der Waals surface area (Å²) in [6.07, 6.45) is 9.68. The SMILES string of the molecule is C=C(C)CN=C(NCCc1ccco1)NC1CCOC2(CCCC2)C1.I. The Morgan fingerprint density at radius 2 is 2.19 bits per heavy atom. The zero-order chi connectivity index (χ0) is 17.5. The van der Waals surface area contributed by atoms with Gasteiger partial charge >= 0.3 is 0 Å². The molecule has 0 amide bonds. The van der Waals surface area contributed by atoms with Gasteiger partial charge < -0.3 is 19.8 Å². The maximum absolute atomic E-state index is 6.14. The quantitative estimate of drug-likeness (QED) is 0.284. The third kappa shape index (κ3) is 6.30. The number of nitrogens with zero attached hydrogens (tertiary/aromatic N) is 1. The molecule has 2 N–H and O–H groups in total. The first-order valence-electron chi connectivity index (χ1n) is 9.51. The van der Waals surface area contributed by atoms with Gasteiger partial charge in [-0.2, -0.15) is 0 Å². The van der Waals surface area contributed by atoms with Crippen molar-refractivity contribution in [1.82, 2.24) is 10.6 Å². The molecule has 0 bridgehead atoms. The Bertz CT molecular complexity index is 580. The predicted octanol–water partition coefficient (Wildman–Crippen LogP) is 4.04. The molecule has 5 nitrogen and oxygen atoms in total. The molecule has 1 spiro atoms. The molecule has 2 aliphatic rings. The smallest absolute Gasteiger partial charge is 0.191 e. The Morgan fingerprint density at radius 1 is 1.38 bits per heavy atom. The molecule has 1 aromatic heterocycles. The van der Waals surface area contributed by atoms with Gasteiger partial charge in [-0.3, -0.25) is 0 Å². The lowest BCUT2D eigenvalue weighted by molar-refractivity contribution is -0.0815. The summed E-state index contributed by atoms with van der Waals surface area (Å²) < 4.78 is 11.5. The van der Waals surface area contributed by atoms with E-state index in [2.05, 4.69) is 22.2 Å². The fraction of sp³-hybridized carbons (Fsp3) is 0.650. The maximum atomic E-state index is 6.14. The van der Waals surface area contributed by atoms with E-state index < -0.39 is 0 Å². The summed E-state index contributed by atoms with van der Waals surface area (Å²) in [4.78, 5) is 4.67. The maximum Gasteiger partial charge on any atom is 0.191 e. The van der Waals surface area contributed by atoms with Gasteiger partial charge in [0.15, 0.2) is 5.96 Å². The fourth-order valence-electron chi connectivity index (χ4n) is 3.84. The number of hydrogen-bond acceptors (Lipinski definition) is 3. The zero-order valence-corrected chi connectivity index (χ0v) is 18.1. The van der Waals surface area contributed by atoms with Crippen molar-refractivity contribution in [2.75, 3.05) is 19.7 Å². The minimum atomic E-state index is 0. The largest absolute Gasteiger partial charge is 0.469 e. The Labute approximate surface area is 174 Å². The van der Waals surface area contributed by atoms with Crippen molar-refractivity contribution >= 4 is 29.9 Å². The number of halogens is 1. The van der Waals surface area contributed by atoms with Crippen LogP contribution >= 0.6 is 24.0 Å². The van der Waals surface area contributed by atoms with Gasteiger partial charge in [0.1, 0.15) is 5.76 Å². The van der Waals surface area contributed by atoms with Crippen molar-refractivity contribution in [3.8, 4) is 0 Å². The van der Waals surface area contributed by atoms with Crippen LogP contribution in [0.4, 0.5) is 0 Å². The van der Waals surface area contributed by atoms with Crippen molar-refractivity contribution in [1.29, 1.82) is 0 Å². The summed E-state index contributed by atoms with van der Waals surface area (Å²) in [5.74, 6) is 1.86. The van der Waals surface area contributed by atoms with Gasteiger partial charge in [0.25, 0.3) is 0 Å². The number of furan rings is 1. The van der Waals surface area contributed by atoms with E-state index >= 15 is 0 Å². The Morgan fingerprint density at radius 3 is 2.88 bits per heavy atom. The second-order valence-corrected chi connectivity index (χ2v) is 7.45. The van der Waals surface area contributed by atoms with Crippen molar-refractivity contribution in [2.45, 2.75) is 63.5 Å². The molecule has 0 aromatic carbocycles. The van der Waals surface area contributed by atoms with Crippen molar-refractivity contribution in [3.63, 3.8) is 0 Å². The molecule has 1 saturated carbocycles. The van der Waals surface area contributed by atoms with Crippen molar-refractivity contribution in [3.05, 3.63) is 36.3 Å². The highest BCUT2D eigenvalue weighted by atomic mass is 127. The number of guanidine groups is 1. The summed E-state index contributed by atoms with van der Waals surface area (Å²) in [5.41, 5.74) is 1.18. The van der Waals surface area contributed by atoms with Crippen LogP contribution in [-0.2, 0) is 11.2 Å². The molecule has 146 valence electrons. The molecule has 1 atom stereocenters. The van der Waals surface area contributed by atoms with E-state index in [0.717, 1.165) is 49.7 Å². The normalized spacial score (nSPS) is 22.0. The first kappa shape index (κ1) is 21.3. The third-order valence-electron chi connectivity index (χ3n) is 5.10. The lowest BCUT2D eigenvalue weighted by Gasteiger charge is -2.39. The van der Waals surface area contributed by atoms with E-state index in [1.165, 1.54) is 25.7 Å². The van der Waals surface area contributed by atoms with E-state index in [9.17, 15) is 0 Å². The van der Waals surface area contributed by atoms with Gasteiger partial charge in [-0.25, -0.2) is 4.99 Å². The molecular formula is C20H32IN3O2. The summed E-state index contributed by atoms with van der Waals surface area (Å²) in [7, 11) is 0. The molecule has 1 aromatic rings. The number of rotatable bonds is 6. The van der Waals surface area contributed by atoms with Crippen LogP contribution in [0.25, 0.3) is 0 Å². The third-order valence-corrected chi connectivity index (χ3v) is 5.10. The highest BCUT2D eigenvalue weighted by Gasteiger charge is 2.40. The van der Waals surface area contributed by atoms with Crippen LogP contribution in [-0.4, -0.2) is 37.3 Å². The second kappa shape index (κ2) is 10.3. The Kier molecular flexibility index (Phi) is 8.47. The summed E-state index contributed by atoms with van der Waals surface area (Å²) in [6, 6.07) is 4.35. The minimum absolute atomic E-state index is 0. The van der Waals surface area contributed by atoms with Crippen LogP contribution in [0.2, 0.25) is 0 Å². The average molecular weight is 473 g/mol. The molecule has 1 aliphatic heterocycles. The zero-order valence-electron chi connectivity index (χ0n) is 15.8. The molecule has 2 fully saturated rings. The van der Waals surface area contributed by atoms with Gasteiger partial charge in [0.2, 0.25) is 0 Å². The summed E-state index contributed by atoms with van der Waals surface area (Å²) in [5, 5.41) is 7.07. The number of nitrogens with one attached hydrogen (secondary N) is 2. The highest BCUT2D eigenvalue weighted by Crippen LogP contribution is 2.39. The summed E-state index contributed by atoms with van der Waals surface area (Å²) >= 11 is 0. The Balaban J connectivity index is 0.00000243. The fourth-order valence-corrected chi connectivity index (χ4v) is 3.84. The van der Waals surface area contributed by atoms with E-state index in [4.69, 9.17) is 9.15 Å². The van der Waals surface area contributed by atoms with E-state index in [-0.39, 0.29) is 29.6 Å². The van der Waals surface area contributed by atoms with Gasteiger partial charge in [-0.1, -0.05) is 25.0 Å². The number of aliphatic imine (C=N–C) groups is 1. The van der Waals surface area contributed by atoms with Gasteiger partial charge in [-0.15, -0.1) is 24.0 Å². The second-order valence-electron chi connectivity index (χ2n) is 7.45. The van der Waals surface area contributed by atoms with Gasteiger partial charge in [-0.05, 0) is 44.7 Å². The minimum Gasteiger partial charge on any atom is -0.469 e. The van der Waals surface area contributed by atoms with Crippen LogP contribution in [0.3, 0.4) is 0 Å². The summed E-state index contributed by atoms with van der Waals surface area (Å²) in [6.45, 7) is 8.24. The highest BCUT2D eigenvalue weighted by molar-refractivity contribution is 14.0. The van der Waals surface area contributed by atoms with Crippen LogP contribution in [0.15, 0.2) is 40.0 Å². The monoisotopic (exact) mass is 473 g/mol. The predicted molar refractivity (Wildman–Crippen MR) is 116 cm³/mol. The van der Waals surface area contributed by atoms with Crippen molar-refractivity contribution < 1.29 is 9.15 Å².